The smallest absolute Gasteiger partial charge is 0.392 e. The van der Waals surface area contributed by atoms with Gasteiger partial charge in [0.15, 0.2) is 0 Å². The summed E-state index contributed by atoms with van der Waals surface area (Å²) in [5.41, 5.74) is 11.7. The molecular weight excluding hydrogens is 418 g/mol. The van der Waals surface area contributed by atoms with Gasteiger partial charge in [-0.2, -0.15) is 4.68 Å². The van der Waals surface area contributed by atoms with Crippen LogP contribution in [0.15, 0.2) is 47.3 Å². The summed E-state index contributed by atoms with van der Waals surface area (Å²) in [6.45, 7) is 4.91. The number of fused-ring (bicyclic) bond motifs is 1. The Kier molecular flexibility index (Phi) is 5.22. The Hall–Kier alpha value is -3.56. The molecule has 9 heteroatoms. The quantitative estimate of drug-likeness (QED) is 0.407. The molecule has 4 N–H and O–H groups in total. The number of β-amino-alcohol motifs (C(OH)–C–C–N with tert-alkyl or cyclic N) is 1. The summed E-state index contributed by atoms with van der Waals surface area (Å²) >= 11 is 0. The Morgan fingerprint density at radius 2 is 1.85 bits per heavy atom. The van der Waals surface area contributed by atoms with Crippen molar-refractivity contribution in [3.8, 4) is 22.4 Å². The maximum absolute atomic E-state index is 13.4. The first-order chi connectivity index (χ1) is 15.8. The molecule has 9 nitrogen and oxygen atoms in total. The predicted octanol–water partition coefficient (Wildman–Crippen LogP) is 1.30. The lowest BCUT2D eigenvalue weighted by Crippen LogP contribution is -2.46. The Labute approximate surface area is 191 Å². The molecule has 0 radical (unpaired) electrons. The number of likely N-dealkylation sites (tertiary alicyclic amines) is 1. The lowest BCUT2D eigenvalue weighted by Gasteiger charge is -2.16. The highest BCUT2D eigenvalue weighted by molar-refractivity contribution is 5.88. The van der Waals surface area contributed by atoms with E-state index in [1.54, 1.807) is 4.68 Å². The molecule has 170 valence electrons. The third kappa shape index (κ3) is 3.79. The molecule has 1 fully saturated rings. The van der Waals surface area contributed by atoms with Crippen molar-refractivity contribution in [2.24, 2.45) is 0 Å². The zero-order valence-electron chi connectivity index (χ0n) is 19.0. The van der Waals surface area contributed by atoms with E-state index in [-0.39, 0.29) is 23.8 Å². The van der Waals surface area contributed by atoms with Crippen molar-refractivity contribution in [2.75, 3.05) is 19.3 Å². The zero-order chi connectivity index (χ0) is 23.3. The van der Waals surface area contributed by atoms with Crippen molar-refractivity contribution in [2.45, 2.75) is 39.0 Å². The number of likely N-dealkylation sites (N-methyl/N-ethyl adjacent to an activating group) is 1. The second kappa shape index (κ2) is 8.09. The summed E-state index contributed by atoms with van der Waals surface area (Å²) < 4.78 is 2.99. The topological polar surface area (TPSA) is 117 Å². The number of benzene rings is 1. The number of hydrogen-bond acceptors (Lipinski definition) is 6. The van der Waals surface area contributed by atoms with Gasteiger partial charge in [0.25, 0.3) is 0 Å². The molecule has 33 heavy (non-hydrogen) atoms. The average molecular weight is 447 g/mol. The van der Waals surface area contributed by atoms with Crippen molar-refractivity contribution in [1.29, 1.82) is 0 Å². The number of H-pyrrole nitrogens is 1. The van der Waals surface area contributed by atoms with E-state index < -0.39 is 0 Å². The van der Waals surface area contributed by atoms with Crippen LogP contribution in [0.25, 0.3) is 28.0 Å². The van der Waals surface area contributed by atoms with Crippen LogP contribution in [-0.4, -0.2) is 55.5 Å². The average Bonchev–Trinajstić information content (AvgIpc) is 3.26. The molecule has 1 aliphatic heterocycles. The number of anilines is 1. The molecule has 4 heterocycles. The normalized spacial score (nSPS) is 18.9. The van der Waals surface area contributed by atoms with Crippen LogP contribution in [0.4, 0.5) is 5.95 Å². The van der Waals surface area contributed by atoms with E-state index >= 15 is 0 Å². The SMILES string of the molecule is Cc1cc(-c2c(-c3ccccc3)nc(N)[n+]3c(=O)n(C[C@H]4C[C@@H](O)CN4C)[nH]c23)cc(C)n1. The summed E-state index contributed by atoms with van der Waals surface area (Å²) in [4.78, 5) is 24.6. The molecule has 1 aliphatic rings. The summed E-state index contributed by atoms with van der Waals surface area (Å²) in [6.07, 6.45) is 0.226. The lowest BCUT2D eigenvalue weighted by atomic mass is 9.99. The third-order valence-corrected chi connectivity index (χ3v) is 6.29. The molecule has 0 bridgehead atoms. The standard InChI is InChI=1S/C24H27N7O2/c1-14-9-17(10-15(2)26-14)20-21(16-7-5-4-6-8-16)27-23(25)31-22(20)28-30(24(31)33)12-18-11-19(32)13-29(18)3/h4-10,18-19,32H,11-13H2,1-3H3,(H2,25,26,27,28)/p+1/t18-,19-/m1/s1. The molecule has 1 saturated heterocycles. The number of aromatic nitrogens is 5. The first-order valence-corrected chi connectivity index (χ1v) is 11.0. The van der Waals surface area contributed by atoms with Gasteiger partial charge >= 0.3 is 11.6 Å². The molecule has 0 saturated carbocycles. The number of nitrogens with zero attached hydrogens (tertiary/aromatic N) is 5. The van der Waals surface area contributed by atoms with Crippen molar-refractivity contribution in [1.82, 2.24) is 24.6 Å². The number of nitrogen functional groups attached to an aromatic ring is 1. The second-order valence-corrected chi connectivity index (χ2v) is 8.87. The maximum Gasteiger partial charge on any atom is 0.428 e. The van der Waals surface area contributed by atoms with Crippen LogP contribution >= 0.6 is 0 Å². The molecule has 0 unspecified atom stereocenters. The van der Waals surface area contributed by atoms with Crippen LogP contribution in [0.3, 0.4) is 0 Å². The molecule has 0 amide bonds. The van der Waals surface area contributed by atoms with Gasteiger partial charge in [-0.3, -0.25) is 9.88 Å². The maximum atomic E-state index is 13.4. The van der Waals surface area contributed by atoms with Crippen LogP contribution in [-0.2, 0) is 6.54 Å². The largest absolute Gasteiger partial charge is 0.428 e. The first kappa shape index (κ1) is 21.3. The molecular formula is C24H28N7O2+. The lowest BCUT2D eigenvalue weighted by molar-refractivity contribution is -0.516. The Morgan fingerprint density at radius 1 is 1.15 bits per heavy atom. The fourth-order valence-electron chi connectivity index (χ4n) is 4.81. The second-order valence-electron chi connectivity index (χ2n) is 8.87. The van der Waals surface area contributed by atoms with E-state index in [1.807, 2.05) is 63.4 Å². The number of rotatable bonds is 4. The van der Waals surface area contributed by atoms with E-state index in [0.717, 1.165) is 28.1 Å². The van der Waals surface area contributed by atoms with Gasteiger partial charge in [0, 0.05) is 29.5 Å². The van der Waals surface area contributed by atoms with Crippen molar-refractivity contribution >= 4 is 11.6 Å². The number of aromatic amines is 1. The van der Waals surface area contributed by atoms with Crippen LogP contribution < -0.4 is 15.8 Å². The van der Waals surface area contributed by atoms with Crippen LogP contribution in [0.1, 0.15) is 17.8 Å². The summed E-state index contributed by atoms with van der Waals surface area (Å²) in [5, 5.41) is 13.3. The number of nitrogens with one attached hydrogen (secondary N) is 1. The van der Waals surface area contributed by atoms with E-state index in [2.05, 4.69) is 20.0 Å². The number of aliphatic hydroxyl groups excluding tert-OH is 1. The highest BCUT2D eigenvalue weighted by atomic mass is 16.3. The minimum atomic E-state index is -0.387. The van der Waals surface area contributed by atoms with Gasteiger partial charge in [-0.15, -0.1) is 9.38 Å². The first-order valence-electron chi connectivity index (χ1n) is 11.0. The fourth-order valence-corrected chi connectivity index (χ4v) is 4.81. The molecule has 5 rings (SSSR count). The van der Waals surface area contributed by atoms with Gasteiger partial charge < -0.3 is 10.8 Å². The van der Waals surface area contributed by atoms with Gasteiger partial charge in [0.2, 0.25) is 5.65 Å². The highest BCUT2D eigenvalue weighted by Crippen LogP contribution is 2.33. The molecule has 4 aromatic rings. The number of nitrogens with two attached hydrogens (primary N) is 1. The van der Waals surface area contributed by atoms with E-state index in [1.165, 1.54) is 4.40 Å². The van der Waals surface area contributed by atoms with Gasteiger partial charge in [0.1, 0.15) is 5.69 Å². The van der Waals surface area contributed by atoms with E-state index in [0.29, 0.717) is 30.9 Å². The van der Waals surface area contributed by atoms with Crippen LogP contribution in [0.5, 0.6) is 0 Å². The summed E-state index contributed by atoms with van der Waals surface area (Å²) in [5.74, 6) is 0.120. The van der Waals surface area contributed by atoms with Gasteiger partial charge in [-0.25, -0.2) is 9.89 Å². The zero-order valence-corrected chi connectivity index (χ0v) is 19.0. The van der Waals surface area contributed by atoms with Crippen molar-refractivity contribution < 1.29 is 9.51 Å². The van der Waals surface area contributed by atoms with Crippen molar-refractivity contribution in [3.05, 3.63) is 64.3 Å². The Morgan fingerprint density at radius 3 is 2.48 bits per heavy atom. The minimum Gasteiger partial charge on any atom is -0.392 e. The molecule has 1 aromatic carbocycles. The highest BCUT2D eigenvalue weighted by Gasteiger charge is 2.32. The van der Waals surface area contributed by atoms with Gasteiger partial charge in [0.05, 0.1) is 18.2 Å². The minimum absolute atomic E-state index is 0.0444. The third-order valence-electron chi connectivity index (χ3n) is 6.29. The van der Waals surface area contributed by atoms with Gasteiger partial charge in [-0.05, 0) is 45.0 Å². The van der Waals surface area contributed by atoms with Crippen molar-refractivity contribution in [3.63, 3.8) is 0 Å². The molecule has 3 aromatic heterocycles. The fraction of sp³-hybridized carbons (Fsp3) is 0.333. The molecule has 0 spiro atoms. The van der Waals surface area contributed by atoms with E-state index in [9.17, 15) is 9.90 Å². The number of hydrogen-bond donors (Lipinski definition) is 3. The molecule has 2 atom stereocenters. The number of pyridine rings is 1. The summed E-state index contributed by atoms with van der Waals surface area (Å²) in [7, 11) is 1.96. The monoisotopic (exact) mass is 446 g/mol. The Balaban J connectivity index is 1.77. The number of aliphatic hydroxyl groups is 1. The molecule has 0 aliphatic carbocycles. The summed E-state index contributed by atoms with van der Waals surface area (Å²) in [6, 6.07) is 13.8. The van der Waals surface area contributed by atoms with Crippen LogP contribution in [0.2, 0.25) is 0 Å². The number of aryl methyl sites for hydroxylation is 2. The Bertz CT molecular complexity index is 1370. The van der Waals surface area contributed by atoms with Gasteiger partial charge in [-0.1, -0.05) is 30.3 Å². The predicted molar refractivity (Wildman–Crippen MR) is 126 cm³/mol. The van der Waals surface area contributed by atoms with Crippen LogP contribution in [0, 0.1) is 13.8 Å². The van der Waals surface area contributed by atoms with E-state index in [4.69, 9.17) is 5.73 Å².